The summed E-state index contributed by atoms with van der Waals surface area (Å²) in [7, 11) is 2.19. The molecule has 0 bridgehead atoms. The zero-order valence-electron chi connectivity index (χ0n) is 11.4. The molecule has 0 aromatic rings. The van der Waals surface area contributed by atoms with Gasteiger partial charge in [0.1, 0.15) is 0 Å². The van der Waals surface area contributed by atoms with Crippen molar-refractivity contribution in [3.63, 3.8) is 0 Å². The zero-order chi connectivity index (χ0) is 12.3. The summed E-state index contributed by atoms with van der Waals surface area (Å²) in [5.41, 5.74) is 0. The van der Waals surface area contributed by atoms with Gasteiger partial charge in [-0.25, -0.2) is 0 Å². The summed E-state index contributed by atoms with van der Waals surface area (Å²) in [5, 5.41) is 0. The van der Waals surface area contributed by atoms with Gasteiger partial charge < -0.3 is 14.4 Å². The number of hydrogen-bond acceptors (Lipinski definition) is 4. The van der Waals surface area contributed by atoms with Crippen LogP contribution in [0.3, 0.4) is 0 Å². The summed E-state index contributed by atoms with van der Waals surface area (Å²) in [5.74, 6) is -0.294. The summed E-state index contributed by atoms with van der Waals surface area (Å²) >= 11 is 0. The van der Waals surface area contributed by atoms with Gasteiger partial charge in [0.2, 0.25) is 0 Å². The number of ether oxygens (including phenoxy) is 2. The van der Waals surface area contributed by atoms with Gasteiger partial charge >= 0.3 is 0 Å². The first-order valence-corrected chi connectivity index (χ1v) is 6.90. The van der Waals surface area contributed by atoms with Crippen molar-refractivity contribution in [1.29, 1.82) is 0 Å². The van der Waals surface area contributed by atoms with Crippen molar-refractivity contribution in [3.8, 4) is 0 Å². The number of rotatable bonds is 4. The minimum Gasteiger partial charge on any atom is -0.347 e. The molecule has 100 valence electrons. The molecule has 2 heterocycles. The van der Waals surface area contributed by atoms with Crippen LogP contribution in [0.25, 0.3) is 0 Å². The molecule has 0 spiro atoms. The molecule has 0 amide bonds. The fraction of sp³-hybridized carbons (Fsp3) is 1.00. The SMILES string of the molecule is CCC1(CC)OCC(CN2CCN(C)CC2)O1. The van der Waals surface area contributed by atoms with Gasteiger partial charge in [-0.05, 0) is 19.9 Å². The molecule has 2 rings (SSSR count). The molecule has 1 atom stereocenters. The molecule has 4 heteroatoms. The average Bonchev–Trinajstić information content (AvgIpc) is 2.76. The van der Waals surface area contributed by atoms with Crippen molar-refractivity contribution in [3.05, 3.63) is 0 Å². The molecule has 0 radical (unpaired) electrons. The van der Waals surface area contributed by atoms with E-state index >= 15 is 0 Å². The van der Waals surface area contributed by atoms with Crippen LogP contribution in [-0.2, 0) is 9.47 Å². The van der Waals surface area contributed by atoms with E-state index in [0.717, 1.165) is 39.1 Å². The van der Waals surface area contributed by atoms with E-state index in [-0.39, 0.29) is 11.9 Å². The molecule has 17 heavy (non-hydrogen) atoms. The molecule has 0 aromatic carbocycles. The Morgan fingerprint density at radius 2 is 1.76 bits per heavy atom. The van der Waals surface area contributed by atoms with Gasteiger partial charge in [0.15, 0.2) is 5.79 Å². The van der Waals surface area contributed by atoms with Crippen LogP contribution >= 0.6 is 0 Å². The fourth-order valence-corrected chi connectivity index (χ4v) is 2.65. The summed E-state index contributed by atoms with van der Waals surface area (Å²) in [6.45, 7) is 10.7. The Hall–Kier alpha value is -0.160. The van der Waals surface area contributed by atoms with E-state index in [9.17, 15) is 0 Å². The predicted octanol–water partition coefficient (Wildman–Crippen LogP) is 1.17. The number of hydrogen-bond donors (Lipinski definition) is 0. The van der Waals surface area contributed by atoms with Crippen LogP contribution in [0.5, 0.6) is 0 Å². The van der Waals surface area contributed by atoms with Crippen molar-refractivity contribution in [2.24, 2.45) is 0 Å². The highest BCUT2D eigenvalue weighted by Crippen LogP contribution is 2.30. The Kier molecular flexibility index (Phi) is 4.42. The third-order valence-corrected chi connectivity index (χ3v) is 4.05. The number of likely N-dealkylation sites (N-methyl/N-ethyl adjacent to an activating group) is 1. The van der Waals surface area contributed by atoms with Crippen LogP contribution in [0.15, 0.2) is 0 Å². The molecule has 2 fully saturated rings. The van der Waals surface area contributed by atoms with Gasteiger partial charge in [-0.15, -0.1) is 0 Å². The van der Waals surface area contributed by atoms with Crippen molar-refractivity contribution in [1.82, 2.24) is 9.80 Å². The Bertz CT molecular complexity index is 236. The number of nitrogens with zero attached hydrogens (tertiary/aromatic N) is 2. The van der Waals surface area contributed by atoms with E-state index < -0.39 is 0 Å². The van der Waals surface area contributed by atoms with Crippen LogP contribution in [-0.4, -0.2) is 68.1 Å². The van der Waals surface area contributed by atoms with E-state index in [0.29, 0.717) is 0 Å². The van der Waals surface area contributed by atoms with Gasteiger partial charge in [0, 0.05) is 32.7 Å². The van der Waals surface area contributed by atoms with Crippen LogP contribution < -0.4 is 0 Å². The van der Waals surface area contributed by atoms with Crippen molar-refractivity contribution in [2.45, 2.75) is 38.6 Å². The van der Waals surface area contributed by atoms with E-state index in [4.69, 9.17) is 9.47 Å². The lowest BCUT2D eigenvalue weighted by Gasteiger charge is -2.33. The van der Waals surface area contributed by atoms with Gasteiger partial charge in [0.25, 0.3) is 0 Å². The largest absolute Gasteiger partial charge is 0.347 e. The van der Waals surface area contributed by atoms with Crippen LogP contribution in [0, 0.1) is 0 Å². The maximum absolute atomic E-state index is 6.10. The molecule has 0 N–H and O–H groups in total. The normalized spacial score (nSPS) is 30.9. The third-order valence-electron chi connectivity index (χ3n) is 4.05. The molecule has 4 nitrogen and oxygen atoms in total. The molecule has 2 saturated heterocycles. The monoisotopic (exact) mass is 242 g/mol. The fourth-order valence-electron chi connectivity index (χ4n) is 2.65. The van der Waals surface area contributed by atoms with Crippen LogP contribution in [0.2, 0.25) is 0 Å². The molecular formula is C13H26N2O2. The Morgan fingerprint density at radius 3 is 2.29 bits per heavy atom. The van der Waals surface area contributed by atoms with Crippen LogP contribution in [0.1, 0.15) is 26.7 Å². The van der Waals surface area contributed by atoms with Crippen molar-refractivity contribution >= 4 is 0 Å². The molecule has 0 aliphatic carbocycles. The minimum absolute atomic E-state index is 0.262. The molecule has 0 aromatic heterocycles. The summed E-state index contributed by atoms with van der Waals surface area (Å²) < 4.78 is 12.0. The van der Waals surface area contributed by atoms with Gasteiger partial charge in [0.05, 0.1) is 12.7 Å². The van der Waals surface area contributed by atoms with E-state index in [1.807, 2.05) is 0 Å². The van der Waals surface area contributed by atoms with E-state index in [1.54, 1.807) is 0 Å². The second-order valence-corrected chi connectivity index (χ2v) is 5.27. The maximum atomic E-state index is 6.10. The molecular weight excluding hydrogens is 216 g/mol. The van der Waals surface area contributed by atoms with Crippen LogP contribution in [0.4, 0.5) is 0 Å². The first-order valence-electron chi connectivity index (χ1n) is 6.90. The van der Waals surface area contributed by atoms with Crippen molar-refractivity contribution < 1.29 is 9.47 Å². The summed E-state index contributed by atoms with van der Waals surface area (Å²) in [6, 6.07) is 0. The van der Waals surface area contributed by atoms with Gasteiger partial charge in [-0.3, -0.25) is 4.90 Å². The molecule has 1 unspecified atom stereocenters. The predicted molar refractivity (Wildman–Crippen MR) is 68.1 cm³/mol. The summed E-state index contributed by atoms with van der Waals surface area (Å²) in [6.07, 6.45) is 2.16. The first kappa shape index (κ1) is 13.3. The highest BCUT2D eigenvalue weighted by Gasteiger charge is 2.39. The first-order chi connectivity index (χ1) is 8.17. The molecule has 2 aliphatic heterocycles. The molecule has 0 saturated carbocycles. The summed E-state index contributed by atoms with van der Waals surface area (Å²) in [4.78, 5) is 4.88. The van der Waals surface area contributed by atoms with Gasteiger partial charge in [-0.1, -0.05) is 13.8 Å². The topological polar surface area (TPSA) is 24.9 Å². The number of piperazine rings is 1. The van der Waals surface area contributed by atoms with E-state index in [1.165, 1.54) is 13.1 Å². The molecule has 2 aliphatic rings. The lowest BCUT2D eigenvalue weighted by Crippen LogP contribution is -2.47. The second-order valence-electron chi connectivity index (χ2n) is 5.27. The lowest BCUT2D eigenvalue weighted by atomic mass is 10.1. The van der Waals surface area contributed by atoms with Gasteiger partial charge in [-0.2, -0.15) is 0 Å². The lowest BCUT2D eigenvalue weighted by molar-refractivity contribution is -0.173. The Balaban J connectivity index is 1.77. The minimum atomic E-state index is -0.294. The average molecular weight is 242 g/mol. The Labute approximate surface area is 105 Å². The smallest absolute Gasteiger partial charge is 0.168 e. The maximum Gasteiger partial charge on any atom is 0.168 e. The van der Waals surface area contributed by atoms with E-state index in [2.05, 4.69) is 30.7 Å². The third kappa shape index (κ3) is 3.19. The Morgan fingerprint density at radius 1 is 1.12 bits per heavy atom. The highest BCUT2D eigenvalue weighted by atomic mass is 16.7. The second kappa shape index (κ2) is 5.65. The van der Waals surface area contributed by atoms with Crippen molar-refractivity contribution in [2.75, 3.05) is 46.4 Å². The zero-order valence-corrected chi connectivity index (χ0v) is 11.4. The quantitative estimate of drug-likeness (QED) is 0.739. The standard InChI is InChI=1S/C13H26N2O2/c1-4-13(5-2)16-11-12(17-13)10-15-8-6-14(3)7-9-15/h12H,4-11H2,1-3H3. The highest BCUT2D eigenvalue weighted by molar-refractivity contribution is 4.80.